The van der Waals surface area contributed by atoms with Crippen LogP contribution >= 0.6 is 0 Å². The predicted molar refractivity (Wildman–Crippen MR) is 71.7 cm³/mol. The van der Waals surface area contributed by atoms with Crippen molar-refractivity contribution >= 4 is 5.97 Å². The van der Waals surface area contributed by atoms with Gasteiger partial charge in [0.05, 0.1) is 0 Å². The molecule has 1 atom stereocenters. The number of hydrogen-bond acceptors (Lipinski definition) is 3. The monoisotopic (exact) mass is 259 g/mol. The van der Waals surface area contributed by atoms with Crippen LogP contribution in [0.1, 0.15) is 18.0 Å². The molecule has 0 aliphatic carbocycles. The summed E-state index contributed by atoms with van der Waals surface area (Å²) in [6.45, 7) is 1.41. The Labute approximate surface area is 111 Å². The summed E-state index contributed by atoms with van der Waals surface area (Å²) >= 11 is 0. The minimum Gasteiger partial charge on any atom is -0.480 e. The molecule has 0 saturated heterocycles. The summed E-state index contributed by atoms with van der Waals surface area (Å²) in [5.41, 5.74) is 0.772. The molecule has 5 nitrogen and oxygen atoms in total. The van der Waals surface area contributed by atoms with E-state index in [1.54, 1.807) is 6.20 Å². The third kappa shape index (κ3) is 3.93. The van der Waals surface area contributed by atoms with Gasteiger partial charge in [-0.15, -0.1) is 0 Å². The third-order valence-corrected chi connectivity index (χ3v) is 2.85. The number of benzene rings is 1. The van der Waals surface area contributed by atoms with Crippen LogP contribution in [0.25, 0.3) is 0 Å². The molecule has 0 aliphatic rings. The van der Waals surface area contributed by atoms with E-state index >= 15 is 0 Å². The standard InChI is InChI=1S/C14H17N3O2/c18-14(19)13(12-6-2-1-3-7-12)15-8-4-10-17-11-5-9-16-17/h1-3,5-7,9,11,13,15H,4,8,10H2,(H,18,19). The second-order valence-electron chi connectivity index (χ2n) is 4.26. The number of aromatic nitrogens is 2. The van der Waals surface area contributed by atoms with Crippen molar-refractivity contribution in [1.29, 1.82) is 0 Å². The smallest absolute Gasteiger partial charge is 0.325 e. The zero-order valence-corrected chi connectivity index (χ0v) is 10.6. The number of nitrogens with zero attached hydrogens (tertiary/aromatic N) is 2. The van der Waals surface area contributed by atoms with Crippen molar-refractivity contribution in [2.75, 3.05) is 6.54 Å². The molecule has 1 aromatic heterocycles. The second kappa shape index (κ2) is 6.70. The zero-order valence-electron chi connectivity index (χ0n) is 10.6. The highest BCUT2D eigenvalue weighted by Crippen LogP contribution is 2.12. The van der Waals surface area contributed by atoms with Crippen LogP contribution in [0.15, 0.2) is 48.8 Å². The summed E-state index contributed by atoms with van der Waals surface area (Å²) < 4.78 is 1.83. The Kier molecular flexibility index (Phi) is 4.69. The lowest BCUT2D eigenvalue weighted by Gasteiger charge is -2.14. The SMILES string of the molecule is O=C(O)C(NCCCn1cccn1)c1ccccc1. The number of aliphatic carboxylic acids is 1. The first-order valence-corrected chi connectivity index (χ1v) is 6.26. The fourth-order valence-electron chi connectivity index (χ4n) is 1.91. The number of aryl methyl sites for hydroxylation is 1. The van der Waals surface area contributed by atoms with Crippen molar-refractivity contribution in [3.05, 3.63) is 54.4 Å². The average Bonchev–Trinajstić information content (AvgIpc) is 2.92. The summed E-state index contributed by atoms with van der Waals surface area (Å²) in [6.07, 6.45) is 4.46. The second-order valence-corrected chi connectivity index (χ2v) is 4.26. The van der Waals surface area contributed by atoms with Gasteiger partial charge in [0.25, 0.3) is 0 Å². The molecule has 0 saturated carbocycles. The Morgan fingerprint density at radius 3 is 2.74 bits per heavy atom. The van der Waals surface area contributed by atoms with E-state index in [2.05, 4.69) is 10.4 Å². The highest BCUT2D eigenvalue weighted by atomic mass is 16.4. The zero-order chi connectivity index (χ0) is 13.5. The van der Waals surface area contributed by atoms with E-state index in [1.165, 1.54) is 0 Å². The molecule has 0 fully saturated rings. The fourth-order valence-corrected chi connectivity index (χ4v) is 1.91. The van der Waals surface area contributed by atoms with Gasteiger partial charge in [-0.1, -0.05) is 30.3 Å². The lowest BCUT2D eigenvalue weighted by Crippen LogP contribution is -2.29. The largest absolute Gasteiger partial charge is 0.480 e. The molecule has 1 aromatic carbocycles. The summed E-state index contributed by atoms with van der Waals surface area (Å²) in [7, 11) is 0. The minimum absolute atomic E-state index is 0.631. The van der Waals surface area contributed by atoms with Crippen molar-refractivity contribution in [2.24, 2.45) is 0 Å². The normalized spacial score (nSPS) is 12.2. The van der Waals surface area contributed by atoms with Crippen LogP contribution < -0.4 is 5.32 Å². The van der Waals surface area contributed by atoms with Crippen LogP contribution in [0.3, 0.4) is 0 Å². The first-order valence-electron chi connectivity index (χ1n) is 6.26. The number of rotatable bonds is 7. The van der Waals surface area contributed by atoms with Crippen LogP contribution in [0.4, 0.5) is 0 Å². The van der Waals surface area contributed by atoms with Gasteiger partial charge < -0.3 is 10.4 Å². The number of carboxylic acids is 1. The van der Waals surface area contributed by atoms with Crippen molar-refractivity contribution in [3.63, 3.8) is 0 Å². The molecule has 1 heterocycles. The Hall–Kier alpha value is -2.14. The maximum absolute atomic E-state index is 11.2. The van der Waals surface area contributed by atoms with Gasteiger partial charge in [0, 0.05) is 18.9 Å². The number of carbonyl (C=O) groups is 1. The highest BCUT2D eigenvalue weighted by Gasteiger charge is 2.17. The first-order chi connectivity index (χ1) is 9.27. The molecular formula is C14H17N3O2. The number of carboxylic acid groups (broad SMARTS) is 1. The summed E-state index contributed by atoms with van der Waals surface area (Å²) in [4.78, 5) is 11.2. The highest BCUT2D eigenvalue weighted by molar-refractivity contribution is 5.75. The van der Waals surface area contributed by atoms with E-state index < -0.39 is 12.0 Å². The molecule has 19 heavy (non-hydrogen) atoms. The molecule has 2 rings (SSSR count). The van der Waals surface area contributed by atoms with Gasteiger partial charge in [-0.05, 0) is 24.6 Å². The van der Waals surface area contributed by atoms with Crippen molar-refractivity contribution in [3.8, 4) is 0 Å². The Morgan fingerprint density at radius 2 is 2.11 bits per heavy atom. The van der Waals surface area contributed by atoms with Gasteiger partial charge in [0.2, 0.25) is 0 Å². The number of nitrogens with one attached hydrogen (secondary N) is 1. The topological polar surface area (TPSA) is 67.2 Å². The maximum atomic E-state index is 11.2. The first kappa shape index (κ1) is 13.3. The van der Waals surface area contributed by atoms with Crippen LogP contribution in [-0.2, 0) is 11.3 Å². The van der Waals surface area contributed by atoms with Gasteiger partial charge in [-0.2, -0.15) is 5.10 Å². The molecule has 2 aromatic rings. The lowest BCUT2D eigenvalue weighted by atomic mass is 10.1. The van der Waals surface area contributed by atoms with E-state index in [-0.39, 0.29) is 0 Å². The molecule has 100 valence electrons. The minimum atomic E-state index is -0.856. The Balaban J connectivity index is 1.83. The summed E-state index contributed by atoms with van der Waals surface area (Å²) in [5.74, 6) is -0.856. The van der Waals surface area contributed by atoms with E-state index in [0.717, 1.165) is 18.5 Å². The van der Waals surface area contributed by atoms with Crippen molar-refractivity contribution in [2.45, 2.75) is 19.0 Å². The maximum Gasteiger partial charge on any atom is 0.325 e. The van der Waals surface area contributed by atoms with Crippen LogP contribution in [-0.4, -0.2) is 27.4 Å². The lowest BCUT2D eigenvalue weighted by molar-refractivity contribution is -0.139. The molecule has 5 heteroatoms. The molecule has 0 aliphatic heterocycles. The van der Waals surface area contributed by atoms with E-state index in [0.29, 0.717) is 6.54 Å². The predicted octanol–water partition coefficient (Wildman–Crippen LogP) is 1.69. The molecule has 0 amide bonds. The van der Waals surface area contributed by atoms with Crippen molar-refractivity contribution in [1.82, 2.24) is 15.1 Å². The van der Waals surface area contributed by atoms with Gasteiger partial charge in [0.1, 0.15) is 6.04 Å². The van der Waals surface area contributed by atoms with Gasteiger partial charge >= 0.3 is 5.97 Å². The van der Waals surface area contributed by atoms with Crippen molar-refractivity contribution < 1.29 is 9.90 Å². The van der Waals surface area contributed by atoms with E-state index in [1.807, 2.05) is 47.3 Å². The van der Waals surface area contributed by atoms with Gasteiger partial charge in [0.15, 0.2) is 0 Å². The van der Waals surface area contributed by atoms with E-state index in [9.17, 15) is 9.90 Å². The van der Waals surface area contributed by atoms with Gasteiger partial charge in [-0.3, -0.25) is 9.48 Å². The number of hydrogen-bond donors (Lipinski definition) is 2. The fraction of sp³-hybridized carbons (Fsp3) is 0.286. The van der Waals surface area contributed by atoms with Gasteiger partial charge in [-0.25, -0.2) is 0 Å². The molecule has 2 N–H and O–H groups in total. The van der Waals surface area contributed by atoms with Crippen LogP contribution in [0.5, 0.6) is 0 Å². The molecule has 0 radical (unpaired) electrons. The summed E-state index contributed by atoms with van der Waals surface area (Å²) in [5, 5.41) is 16.4. The quantitative estimate of drug-likeness (QED) is 0.742. The van der Waals surface area contributed by atoms with Crippen LogP contribution in [0, 0.1) is 0 Å². The molecule has 0 bridgehead atoms. The Bertz CT molecular complexity index is 497. The molecule has 0 spiro atoms. The Morgan fingerprint density at radius 1 is 1.32 bits per heavy atom. The average molecular weight is 259 g/mol. The van der Waals surface area contributed by atoms with E-state index in [4.69, 9.17) is 0 Å². The third-order valence-electron chi connectivity index (χ3n) is 2.85. The molecule has 1 unspecified atom stereocenters. The van der Waals surface area contributed by atoms with Crippen LogP contribution in [0.2, 0.25) is 0 Å². The molecular weight excluding hydrogens is 242 g/mol. The summed E-state index contributed by atoms with van der Waals surface area (Å²) in [6, 6.07) is 10.4.